The zero-order valence-corrected chi connectivity index (χ0v) is 12.3. The van der Waals surface area contributed by atoms with Gasteiger partial charge in [-0.05, 0) is 48.7 Å². The van der Waals surface area contributed by atoms with Crippen LogP contribution >= 0.6 is 15.9 Å². The van der Waals surface area contributed by atoms with Crippen molar-refractivity contribution >= 4 is 24.2 Å². The number of benzene rings is 1. The van der Waals surface area contributed by atoms with Crippen molar-refractivity contribution in [1.82, 2.24) is 5.32 Å². The van der Waals surface area contributed by atoms with Gasteiger partial charge in [-0.3, -0.25) is 0 Å². The molecule has 0 heterocycles. The molecule has 0 atom stereocenters. The van der Waals surface area contributed by atoms with Crippen LogP contribution in [0.5, 0.6) is 5.75 Å². The number of nitrogens with one attached hydrogen (secondary N) is 1. The topological polar surface area (TPSA) is 21.3 Å². The van der Waals surface area contributed by atoms with E-state index in [9.17, 15) is 0 Å². The summed E-state index contributed by atoms with van der Waals surface area (Å²) >= 11 is 3.54. The summed E-state index contributed by atoms with van der Waals surface area (Å²) in [6.07, 6.45) is 0. The summed E-state index contributed by atoms with van der Waals surface area (Å²) in [5.41, 5.74) is 1.20. The summed E-state index contributed by atoms with van der Waals surface area (Å²) in [7, 11) is 0.396. The first-order valence-corrected chi connectivity index (χ1v) is 9.25. The fraction of sp³-hybridized carbons (Fsp3) is 0.455. The molecule has 4 heteroatoms. The molecule has 0 fully saturated rings. The summed E-state index contributed by atoms with van der Waals surface area (Å²) in [4.78, 5) is 0. The summed E-state index contributed by atoms with van der Waals surface area (Å²) < 4.78 is 7.11. The Morgan fingerprint density at radius 1 is 1.33 bits per heavy atom. The number of rotatable bonds is 4. The minimum atomic E-state index is -1.55. The second kappa shape index (κ2) is 5.14. The van der Waals surface area contributed by atoms with Gasteiger partial charge in [0.15, 0.2) is 0 Å². The first-order valence-electron chi connectivity index (χ1n) is 5.05. The molecule has 1 N–H and O–H groups in total. The van der Waals surface area contributed by atoms with Gasteiger partial charge in [0, 0.05) is 12.1 Å². The van der Waals surface area contributed by atoms with Gasteiger partial charge in [-0.1, -0.05) is 12.1 Å². The molecule has 0 aliphatic carbocycles. The molecule has 0 unspecified atom stereocenters. The molecule has 0 aromatic heterocycles. The highest BCUT2D eigenvalue weighted by Crippen LogP contribution is 2.31. The maximum atomic E-state index is 6.07. The van der Waals surface area contributed by atoms with Crippen molar-refractivity contribution in [2.45, 2.75) is 26.2 Å². The van der Waals surface area contributed by atoms with Crippen LogP contribution in [0.4, 0.5) is 0 Å². The summed E-state index contributed by atoms with van der Waals surface area (Å²) in [6.45, 7) is 7.40. The Hall–Kier alpha value is -0.323. The van der Waals surface area contributed by atoms with Crippen LogP contribution in [0.1, 0.15) is 5.56 Å². The Morgan fingerprint density at radius 3 is 2.53 bits per heavy atom. The van der Waals surface area contributed by atoms with Crippen molar-refractivity contribution in [1.29, 1.82) is 0 Å². The third-order valence-electron chi connectivity index (χ3n) is 1.82. The molecule has 1 aromatic rings. The Labute approximate surface area is 101 Å². The van der Waals surface area contributed by atoms with E-state index in [1.165, 1.54) is 5.56 Å². The average molecular weight is 288 g/mol. The minimum absolute atomic E-state index is 0.833. The highest BCUT2D eigenvalue weighted by atomic mass is 79.9. The van der Waals surface area contributed by atoms with Crippen molar-refractivity contribution in [3.05, 3.63) is 28.2 Å². The van der Waals surface area contributed by atoms with E-state index in [1.54, 1.807) is 0 Å². The van der Waals surface area contributed by atoms with Crippen LogP contribution in [0.3, 0.4) is 0 Å². The van der Waals surface area contributed by atoms with E-state index in [2.05, 4.69) is 47.0 Å². The second-order valence-electron chi connectivity index (χ2n) is 4.47. The largest absolute Gasteiger partial charge is 0.543 e. The van der Waals surface area contributed by atoms with Crippen LogP contribution in [0.15, 0.2) is 22.7 Å². The second-order valence-corrected chi connectivity index (χ2v) is 9.76. The molecule has 0 bridgehead atoms. The van der Waals surface area contributed by atoms with E-state index in [-0.39, 0.29) is 0 Å². The van der Waals surface area contributed by atoms with Crippen molar-refractivity contribution in [3.8, 4) is 5.75 Å². The molecule has 0 aliphatic heterocycles. The van der Waals surface area contributed by atoms with Gasteiger partial charge in [0.05, 0.1) is 4.47 Å². The van der Waals surface area contributed by atoms with Crippen LogP contribution in [0.2, 0.25) is 19.6 Å². The number of halogens is 1. The van der Waals surface area contributed by atoms with Crippen LogP contribution in [-0.2, 0) is 6.54 Å². The monoisotopic (exact) mass is 287 g/mol. The molecule has 1 aromatic carbocycles. The molecule has 0 amide bonds. The number of hydrogen-bond donors (Lipinski definition) is 1. The van der Waals surface area contributed by atoms with Gasteiger partial charge in [-0.15, -0.1) is 0 Å². The third-order valence-corrected chi connectivity index (χ3v) is 3.26. The van der Waals surface area contributed by atoms with Gasteiger partial charge in [-0.2, -0.15) is 0 Å². The first kappa shape index (κ1) is 12.7. The van der Waals surface area contributed by atoms with Crippen LogP contribution < -0.4 is 9.74 Å². The Kier molecular flexibility index (Phi) is 4.37. The summed E-state index contributed by atoms with van der Waals surface area (Å²) in [5, 5.41) is 3.15. The van der Waals surface area contributed by atoms with Crippen molar-refractivity contribution in [2.24, 2.45) is 0 Å². The molecule has 2 nitrogen and oxygen atoms in total. The zero-order valence-electron chi connectivity index (χ0n) is 9.73. The van der Waals surface area contributed by atoms with Crippen molar-refractivity contribution in [2.75, 3.05) is 7.05 Å². The fourth-order valence-corrected chi connectivity index (χ4v) is 2.79. The lowest BCUT2D eigenvalue weighted by Gasteiger charge is -2.22. The molecule has 84 valence electrons. The van der Waals surface area contributed by atoms with E-state index in [0.29, 0.717) is 0 Å². The van der Waals surface area contributed by atoms with Gasteiger partial charge < -0.3 is 9.74 Å². The van der Waals surface area contributed by atoms with E-state index >= 15 is 0 Å². The SMILES string of the molecule is CNCc1cccc(Br)c1O[Si](C)(C)C. The lowest BCUT2D eigenvalue weighted by Crippen LogP contribution is -2.30. The molecule has 0 radical (unpaired) electrons. The minimum Gasteiger partial charge on any atom is -0.543 e. The van der Waals surface area contributed by atoms with Crippen LogP contribution in [0.25, 0.3) is 0 Å². The van der Waals surface area contributed by atoms with Gasteiger partial charge >= 0.3 is 0 Å². The standard InChI is InChI=1S/C11H18BrNOSi/c1-13-8-9-6-5-7-10(12)11(9)14-15(2,3)4/h5-7,13H,8H2,1-4H3. The molecule has 15 heavy (non-hydrogen) atoms. The predicted molar refractivity (Wildman–Crippen MR) is 70.9 cm³/mol. The summed E-state index contributed by atoms with van der Waals surface area (Å²) in [6, 6.07) is 6.15. The lowest BCUT2D eigenvalue weighted by atomic mass is 10.2. The smallest absolute Gasteiger partial charge is 0.242 e. The maximum Gasteiger partial charge on any atom is 0.242 e. The highest BCUT2D eigenvalue weighted by Gasteiger charge is 2.19. The van der Waals surface area contributed by atoms with E-state index < -0.39 is 8.32 Å². The van der Waals surface area contributed by atoms with Crippen LogP contribution in [0, 0.1) is 0 Å². The van der Waals surface area contributed by atoms with Crippen LogP contribution in [-0.4, -0.2) is 15.4 Å². The number of hydrogen-bond acceptors (Lipinski definition) is 2. The van der Waals surface area contributed by atoms with Crippen molar-refractivity contribution in [3.63, 3.8) is 0 Å². The molecule has 0 aliphatic rings. The Bertz CT molecular complexity index is 336. The normalized spacial score (nSPS) is 11.5. The van der Waals surface area contributed by atoms with E-state index in [0.717, 1.165) is 16.8 Å². The predicted octanol–water partition coefficient (Wildman–Crippen LogP) is 3.38. The Balaban J connectivity index is 3.02. The third kappa shape index (κ3) is 3.97. The van der Waals surface area contributed by atoms with Gasteiger partial charge in [0.25, 0.3) is 0 Å². The molecule has 0 saturated heterocycles. The maximum absolute atomic E-state index is 6.07. The lowest BCUT2D eigenvalue weighted by molar-refractivity contribution is 0.542. The van der Waals surface area contributed by atoms with Gasteiger partial charge in [0.2, 0.25) is 8.32 Å². The molecular formula is C11H18BrNOSi. The molecule has 0 saturated carbocycles. The Morgan fingerprint density at radius 2 is 2.00 bits per heavy atom. The van der Waals surface area contributed by atoms with Gasteiger partial charge in [0.1, 0.15) is 5.75 Å². The van der Waals surface area contributed by atoms with E-state index in [1.807, 2.05) is 19.2 Å². The fourth-order valence-electron chi connectivity index (χ4n) is 1.30. The molecule has 0 spiro atoms. The zero-order chi connectivity index (χ0) is 11.5. The highest BCUT2D eigenvalue weighted by molar-refractivity contribution is 9.10. The van der Waals surface area contributed by atoms with E-state index in [4.69, 9.17) is 4.43 Å². The number of para-hydroxylation sites is 1. The molecule has 1 rings (SSSR count). The average Bonchev–Trinajstić information content (AvgIpc) is 2.10. The van der Waals surface area contributed by atoms with Crippen molar-refractivity contribution < 1.29 is 4.43 Å². The quantitative estimate of drug-likeness (QED) is 0.858. The molecular weight excluding hydrogens is 270 g/mol. The summed E-state index contributed by atoms with van der Waals surface area (Å²) in [5.74, 6) is 0.992. The van der Waals surface area contributed by atoms with Gasteiger partial charge in [-0.25, -0.2) is 0 Å². The first-order chi connectivity index (χ1) is 6.94.